The van der Waals surface area contributed by atoms with E-state index in [1.54, 1.807) is 0 Å². The van der Waals surface area contributed by atoms with Crippen molar-refractivity contribution in [2.24, 2.45) is 0 Å². The number of nitrogens with zero attached hydrogens (tertiary/aromatic N) is 3. The summed E-state index contributed by atoms with van der Waals surface area (Å²) in [6.07, 6.45) is 5.16. The van der Waals surface area contributed by atoms with Crippen LogP contribution in [0.1, 0.15) is 56.3 Å². The van der Waals surface area contributed by atoms with Crippen molar-refractivity contribution in [3.05, 3.63) is 51.6 Å². The van der Waals surface area contributed by atoms with Crippen LogP contribution in [-0.2, 0) is 13.1 Å². The minimum Gasteiger partial charge on any atom is -0.351 e. The summed E-state index contributed by atoms with van der Waals surface area (Å²) in [6.45, 7) is 2.29. The molecular formula is C20H23F2N5O. The smallest absolute Gasteiger partial charge is 0.280 e. The van der Waals surface area contributed by atoms with E-state index >= 15 is 0 Å². The fraction of sp³-hybridized carbons (Fsp3) is 0.450. The Morgan fingerprint density at radius 2 is 1.93 bits per heavy atom. The van der Waals surface area contributed by atoms with Crippen LogP contribution in [0.5, 0.6) is 0 Å². The standard InChI is InChI=1S/C20H23F2N5O/c1-2-10-27-19(28)16-18(25-17(24-16)12-6-3-4-7-12)26-20(27)23-11-13-14(21)8-5-9-15(13)22/h5,8-9,12H,2-4,6-7,10-11H2,1H3,(H,23,26)(H,24,25). The van der Waals surface area contributed by atoms with Gasteiger partial charge in [-0.25, -0.2) is 13.8 Å². The van der Waals surface area contributed by atoms with Crippen molar-refractivity contribution < 1.29 is 8.78 Å². The molecular weight excluding hydrogens is 364 g/mol. The number of nitrogens with one attached hydrogen (secondary N) is 2. The Morgan fingerprint density at radius 3 is 2.61 bits per heavy atom. The van der Waals surface area contributed by atoms with Gasteiger partial charge in [-0.05, 0) is 31.4 Å². The number of rotatable bonds is 6. The molecule has 2 N–H and O–H groups in total. The molecule has 1 fully saturated rings. The number of fused-ring (bicyclic) bond motifs is 1. The molecule has 8 heteroatoms. The SMILES string of the molecule is CCCn1c(NCc2c(F)cccc2F)nc2nc(C3CCCC3)[nH]c2c1=O. The van der Waals surface area contributed by atoms with Crippen molar-refractivity contribution in [1.82, 2.24) is 19.5 Å². The van der Waals surface area contributed by atoms with E-state index in [1.807, 2.05) is 6.92 Å². The quantitative estimate of drug-likeness (QED) is 0.668. The predicted octanol–water partition coefficient (Wildman–Crippen LogP) is 4.08. The molecule has 0 amide bonds. The minimum atomic E-state index is -0.638. The average Bonchev–Trinajstić information content (AvgIpc) is 3.33. The second-order valence-corrected chi connectivity index (χ2v) is 7.25. The first-order chi connectivity index (χ1) is 13.6. The van der Waals surface area contributed by atoms with E-state index in [4.69, 9.17) is 0 Å². The number of hydrogen-bond donors (Lipinski definition) is 2. The minimum absolute atomic E-state index is 0.0893. The molecule has 1 aliphatic rings. The predicted molar refractivity (Wildman–Crippen MR) is 103 cm³/mol. The summed E-state index contributed by atoms with van der Waals surface area (Å²) in [5.74, 6) is 0.128. The van der Waals surface area contributed by atoms with Gasteiger partial charge in [0.05, 0.1) is 0 Å². The number of halogens is 2. The average molecular weight is 387 g/mol. The molecule has 0 spiro atoms. The number of aromatic nitrogens is 4. The number of H-pyrrole nitrogens is 1. The molecule has 0 saturated heterocycles. The monoisotopic (exact) mass is 387 g/mol. The molecule has 0 aliphatic heterocycles. The highest BCUT2D eigenvalue weighted by Crippen LogP contribution is 2.32. The Hall–Kier alpha value is -2.77. The van der Waals surface area contributed by atoms with Crippen molar-refractivity contribution in [3.63, 3.8) is 0 Å². The van der Waals surface area contributed by atoms with Gasteiger partial charge in [0.15, 0.2) is 11.2 Å². The molecule has 4 rings (SSSR count). The molecule has 0 atom stereocenters. The lowest BCUT2D eigenvalue weighted by Gasteiger charge is -2.13. The lowest BCUT2D eigenvalue weighted by molar-refractivity contribution is 0.558. The first-order valence-electron chi connectivity index (χ1n) is 9.75. The summed E-state index contributed by atoms with van der Waals surface area (Å²) in [6, 6.07) is 3.73. The van der Waals surface area contributed by atoms with Gasteiger partial charge in [-0.2, -0.15) is 4.98 Å². The second kappa shape index (κ2) is 7.69. The summed E-state index contributed by atoms with van der Waals surface area (Å²) in [5, 5.41) is 2.93. The van der Waals surface area contributed by atoms with Crippen LogP contribution in [-0.4, -0.2) is 19.5 Å². The molecule has 0 bridgehead atoms. The lowest BCUT2D eigenvalue weighted by atomic mass is 10.1. The zero-order valence-electron chi connectivity index (χ0n) is 15.8. The van der Waals surface area contributed by atoms with E-state index in [2.05, 4.69) is 20.3 Å². The van der Waals surface area contributed by atoms with E-state index < -0.39 is 11.6 Å². The molecule has 28 heavy (non-hydrogen) atoms. The van der Waals surface area contributed by atoms with Crippen LogP contribution in [0.15, 0.2) is 23.0 Å². The van der Waals surface area contributed by atoms with E-state index in [1.165, 1.54) is 22.8 Å². The normalized spacial score (nSPS) is 14.8. The van der Waals surface area contributed by atoms with Gasteiger partial charge in [-0.15, -0.1) is 0 Å². The lowest BCUT2D eigenvalue weighted by Crippen LogP contribution is -2.25. The Kier molecular flexibility index (Phi) is 5.11. The zero-order chi connectivity index (χ0) is 19.7. The third kappa shape index (κ3) is 3.39. The highest BCUT2D eigenvalue weighted by atomic mass is 19.1. The van der Waals surface area contributed by atoms with Crippen LogP contribution in [0.2, 0.25) is 0 Å². The maximum Gasteiger partial charge on any atom is 0.280 e. The molecule has 2 aromatic heterocycles. The maximum atomic E-state index is 13.9. The van der Waals surface area contributed by atoms with Gasteiger partial charge < -0.3 is 10.3 Å². The van der Waals surface area contributed by atoms with Crippen LogP contribution in [0.3, 0.4) is 0 Å². The Labute approximate surface area is 161 Å². The van der Waals surface area contributed by atoms with E-state index in [0.717, 1.165) is 37.9 Å². The number of benzene rings is 1. The summed E-state index contributed by atoms with van der Waals surface area (Å²) in [7, 11) is 0. The molecule has 0 radical (unpaired) electrons. The van der Waals surface area contributed by atoms with Crippen LogP contribution in [0, 0.1) is 11.6 Å². The fourth-order valence-corrected chi connectivity index (χ4v) is 3.83. The first kappa shape index (κ1) is 18.6. The third-order valence-electron chi connectivity index (χ3n) is 5.30. The van der Waals surface area contributed by atoms with E-state index in [9.17, 15) is 13.6 Å². The van der Waals surface area contributed by atoms with E-state index in [-0.39, 0.29) is 23.6 Å². The van der Waals surface area contributed by atoms with Gasteiger partial charge in [0, 0.05) is 24.6 Å². The van der Waals surface area contributed by atoms with Gasteiger partial charge in [0.1, 0.15) is 17.5 Å². The first-order valence-corrected chi connectivity index (χ1v) is 9.75. The van der Waals surface area contributed by atoms with Crippen LogP contribution < -0.4 is 10.9 Å². The van der Waals surface area contributed by atoms with Crippen molar-refractivity contribution in [3.8, 4) is 0 Å². The van der Waals surface area contributed by atoms with Crippen molar-refractivity contribution in [2.45, 2.75) is 58.0 Å². The van der Waals surface area contributed by atoms with Crippen molar-refractivity contribution in [2.75, 3.05) is 5.32 Å². The van der Waals surface area contributed by atoms with Gasteiger partial charge in [-0.3, -0.25) is 9.36 Å². The largest absolute Gasteiger partial charge is 0.351 e. The van der Waals surface area contributed by atoms with Crippen LogP contribution in [0.4, 0.5) is 14.7 Å². The van der Waals surface area contributed by atoms with Crippen molar-refractivity contribution in [1.29, 1.82) is 0 Å². The molecule has 3 aromatic rings. The maximum absolute atomic E-state index is 13.9. The number of imidazole rings is 1. The highest BCUT2D eigenvalue weighted by Gasteiger charge is 2.23. The number of aromatic amines is 1. The summed E-state index contributed by atoms with van der Waals surface area (Å²) >= 11 is 0. The van der Waals surface area contributed by atoms with Gasteiger partial charge in [0.25, 0.3) is 5.56 Å². The Bertz CT molecular complexity index is 1030. The number of hydrogen-bond acceptors (Lipinski definition) is 4. The fourth-order valence-electron chi connectivity index (χ4n) is 3.83. The molecule has 1 aliphatic carbocycles. The number of anilines is 1. The van der Waals surface area contributed by atoms with Crippen LogP contribution >= 0.6 is 0 Å². The Morgan fingerprint density at radius 1 is 1.21 bits per heavy atom. The van der Waals surface area contributed by atoms with Crippen LogP contribution in [0.25, 0.3) is 11.2 Å². The highest BCUT2D eigenvalue weighted by molar-refractivity contribution is 5.71. The van der Waals surface area contributed by atoms with E-state index in [0.29, 0.717) is 23.6 Å². The Balaban J connectivity index is 1.71. The molecule has 6 nitrogen and oxygen atoms in total. The topological polar surface area (TPSA) is 75.6 Å². The summed E-state index contributed by atoms with van der Waals surface area (Å²) < 4.78 is 29.3. The molecule has 1 saturated carbocycles. The summed E-state index contributed by atoms with van der Waals surface area (Å²) in [4.78, 5) is 25.2. The van der Waals surface area contributed by atoms with Gasteiger partial charge in [-0.1, -0.05) is 25.8 Å². The molecule has 1 aromatic carbocycles. The second-order valence-electron chi connectivity index (χ2n) is 7.25. The molecule has 2 heterocycles. The third-order valence-corrected chi connectivity index (χ3v) is 5.30. The molecule has 148 valence electrons. The van der Waals surface area contributed by atoms with Gasteiger partial charge in [0.2, 0.25) is 5.95 Å². The van der Waals surface area contributed by atoms with Gasteiger partial charge >= 0.3 is 0 Å². The zero-order valence-corrected chi connectivity index (χ0v) is 15.8. The molecule has 0 unspecified atom stereocenters. The van der Waals surface area contributed by atoms with Crippen molar-refractivity contribution >= 4 is 17.1 Å². The summed E-state index contributed by atoms with van der Waals surface area (Å²) in [5.41, 5.74) is 0.419.